The van der Waals surface area contributed by atoms with Crippen molar-refractivity contribution in [2.24, 2.45) is 5.92 Å². The molecule has 1 aliphatic carbocycles. The summed E-state index contributed by atoms with van der Waals surface area (Å²) >= 11 is 6.25. The molecule has 0 radical (unpaired) electrons. The fourth-order valence-corrected chi connectivity index (χ4v) is 3.52. The van der Waals surface area contributed by atoms with Crippen molar-refractivity contribution in [2.75, 3.05) is 0 Å². The van der Waals surface area contributed by atoms with Crippen molar-refractivity contribution in [3.63, 3.8) is 0 Å². The van der Waals surface area contributed by atoms with E-state index in [1.165, 1.54) is 25.0 Å². The van der Waals surface area contributed by atoms with E-state index in [9.17, 15) is 9.50 Å². The lowest BCUT2D eigenvalue weighted by Gasteiger charge is -2.14. The number of aliphatic hydroxyl groups is 1. The van der Waals surface area contributed by atoms with Crippen LogP contribution in [-0.4, -0.2) is 19.5 Å². The lowest BCUT2D eigenvalue weighted by Crippen LogP contribution is -2.03. The van der Waals surface area contributed by atoms with E-state index in [1.54, 1.807) is 13.0 Å². The van der Waals surface area contributed by atoms with E-state index in [2.05, 4.69) is 11.3 Å². The van der Waals surface area contributed by atoms with Gasteiger partial charge in [-0.15, -0.1) is 0 Å². The molecule has 1 N–H and O–H groups in total. The second-order valence-corrected chi connectivity index (χ2v) is 7.53. The number of halogens is 2. The molecule has 1 aromatic carbocycles. The summed E-state index contributed by atoms with van der Waals surface area (Å²) in [5.74, 6) is 0.405. The van der Waals surface area contributed by atoms with E-state index < -0.39 is 6.10 Å². The van der Waals surface area contributed by atoms with Crippen LogP contribution in [0.15, 0.2) is 42.9 Å². The number of aliphatic hydroxyl groups excluding tert-OH is 1. The third-order valence-corrected chi connectivity index (χ3v) is 4.99. The van der Waals surface area contributed by atoms with Crippen molar-refractivity contribution in [1.82, 2.24) is 14.3 Å². The average molecular weight is 374 g/mol. The molecule has 4 nitrogen and oxygen atoms in total. The van der Waals surface area contributed by atoms with E-state index >= 15 is 0 Å². The zero-order valence-corrected chi connectivity index (χ0v) is 15.3. The maximum Gasteiger partial charge on any atom is 0.123 e. The third kappa shape index (κ3) is 3.69. The van der Waals surface area contributed by atoms with Crippen LogP contribution in [0.4, 0.5) is 4.39 Å². The molecule has 0 bridgehead atoms. The van der Waals surface area contributed by atoms with Gasteiger partial charge in [0.15, 0.2) is 0 Å². The first kappa shape index (κ1) is 17.3. The molecule has 0 aliphatic heterocycles. The molecular formula is C20H21ClFN3O. The minimum Gasteiger partial charge on any atom is -0.389 e. The highest BCUT2D eigenvalue weighted by Crippen LogP contribution is 2.33. The fraction of sp³-hybridized carbons (Fsp3) is 0.350. The van der Waals surface area contributed by atoms with Crippen LogP contribution in [0, 0.1) is 11.7 Å². The first-order valence-corrected chi connectivity index (χ1v) is 9.22. The molecule has 6 heteroatoms. The Bertz CT molecular complexity index is 927. The molecule has 1 fully saturated rings. The molecule has 4 rings (SSSR count). The SMILES string of the molecule is C[C@@H](O)c1cc(F)ccc1-c1cc(Cl)cn1Cc1cnn(CC2CC2)c1. The Labute approximate surface area is 156 Å². The standard InChI is InChI=1S/C20H21ClFN3O/c1-13(26)19-7-17(22)4-5-18(19)20-6-16(21)12-24(20)9-15-8-23-25(11-15)10-14-2-3-14/h4-8,11-14,26H,2-3,9-10H2,1H3/t13-/m1/s1. The van der Waals surface area contributed by atoms with Crippen molar-refractivity contribution in [1.29, 1.82) is 0 Å². The quantitative estimate of drug-likeness (QED) is 0.683. The van der Waals surface area contributed by atoms with Crippen LogP contribution in [0.3, 0.4) is 0 Å². The van der Waals surface area contributed by atoms with Gasteiger partial charge in [0.25, 0.3) is 0 Å². The van der Waals surface area contributed by atoms with E-state index in [-0.39, 0.29) is 5.82 Å². The Balaban J connectivity index is 1.66. The molecule has 0 unspecified atom stereocenters. The highest BCUT2D eigenvalue weighted by Gasteiger charge is 2.22. The summed E-state index contributed by atoms with van der Waals surface area (Å²) in [6.07, 6.45) is 7.60. The summed E-state index contributed by atoms with van der Waals surface area (Å²) in [5, 5.41) is 15.1. The predicted octanol–water partition coefficient (Wildman–Crippen LogP) is 4.66. The average Bonchev–Trinajstić information content (AvgIpc) is 3.18. The zero-order chi connectivity index (χ0) is 18.3. The van der Waals surface area contributed by atoms with Crippen LogP contribution >= 0.6 is 11.6 Å². The van der Waals surface area contributed by atoms with Crippen LogP contribution in [0.2, 0.25) is 5.02 Å². The molecule has 2 aromatic heterocycles. The van der Waals surface area contributed by atoms with Crippen LogP contribution in [-0.2, 0) is 13.1 Å². The molecule has 136 valence electrons. The number of nitrogens with zero attached hydrogens (tertiary/aromatic N) is 3. The van der Waals surface area contributed by atoms with Gasteiger partial charge in [-0.05, 0) is 55.5 Å². The molecule has 3 aromatic rings. The van der Waals surface area contributed by atoms with Gasteiger partial charge in [0.05, 0.1) is 29.6 Å². The van der Waals surface area contributed by atoms with E-state index in [4.69, 9.17) is 11.6 Å². The number of benzene rings is 1. The zero-order valence-electron chi connectivity index (χ0n) is 14.6. The smallest absolute Gasteiger partial charge is 0.123 e. The van der Waals surface area contributed by atoms with Crippen molar-refractivity contribution in [3.05, 3.63) is 64.8 Å². The highest BCUT2D eigenvalue weighted by atomic mass is 35.5. The van der Waals surface area contributed by atoms with E-state index in [1.807, 2.05) is 27.7 Å². The largest absolute Gasteiger partial charge is 0.389 e. The third-order valence-electron chi connectivity index (χ3n) is 4.78. The Morgan fingerprint density at radius 2 is 2.12 bits per heavy atom. The number of rotatable bonds is 6. The molecule has 26 heavy (non-hydrogen) atoms. The maximum atomic E-state index is 13.6. The van der Waals surface area contributed by atoms with Crippen molar-refractivity contribution in [3.8, 4) is 11.3 Å². The first-order valence-electron chi connectivity index (χ1n) is 8.84. The summed E-state index contributed by atoms with van der Waals surface area (Å²) in [5.41, 5.74) is 3.25. The summed E-state index contributed by atoms with van der Waals surface area (Å²) in [6, 6.07) is 6.31. The second kappa shape index (κ2) is 6.89. The Hall–Kier alpha value is -2.11. The minimum absolute atomic E-state index is 0.366. The summed E-state index contributed by atoms with van der Waals surface area (Å²) in [6.45, 7) is 3.22. The Kier molecular flexibility index (Phi) is 4.59. The van der Waals surface area contributed by atoms with Crippen molar-refractivity contribution in [2.45, 2.75) is 39.0 Å². The second-order valence-electron chi connectivity index (χ2n) is 7.09. The Morgan fingerprint density at radius 3 is 2.85 bits per heavy atom. The molecular weight excluding hydrogens is 353 g/mol. The monoisotopic (exact) mass is 373 g/mol. The van der Waals surface area contributed by atoms with Gasteiger partial charge in [-0.25, -0.2) is 4.39 Å². The minimum atomic E-state index is -0.774. The molecule has 1 atom stereocenters. The van der Waals surface area contributed by atoms with E-state index in [0.717, 1.165) is 29.3 Å². The van der Waals surface area contributed by atoms with Gasteiger partial charge < -0.3 is 9.67 Å². The molecule has 1 aliphatic rings. The summed E-state index contributed by atoms with van der Waals surface area (Å²) in [7, 11) is 0. The van der Waals surface area contributed by atoms with Gasteiger partial charge in [0, 0.05) is 30.1 Å². The van der Waals surface area contributed by atoms with Crippen LogP contribution in [0.1, 0.15) is 37.0 Å². The molecule has 0 saturated heterocycles. The fourth-order valence-electron chi connectivity index (χ4n) is 3.29. The van der Waals surface area contributed by atoms with Gasteiger partial charge in [-0.1, -0.05) is 11.6 Å². The lowest BCUT2D eigenvalue weighted by atomic mass is 10.0. The molecule has 0 spiro atoms. The topological polar surface area (TPSA) is 43.0 Å². The normalized spacial score (nSPS) is 15.4. The Morgan fingerprint density at radius 1 is 1.31 bits per heavy atom. The van der Waals surface area contributed by atoms with Gasteiger partial charge in [0.1, 0.15) is 5.82 Å². The van der Waals surface area contributed by atoms with Crippen LogP contribution in [0.25, 0.3) is 11.3 Å². The van der Waals surface area contributed by atoms with Gasteiger partial charge in [-0.2, -0.15) is 5.10 Å². The maximum absolute atomic E-state index is 13.6. The molecule has 2 heterocycles. The highest BCUT2D eigenvalue weighted by molar-refractivity contribution is 6.30. The van der Waals surface area contributed by atoms with E-state index in [0.29, 0.717) is 17.1 Å². The van der Waals surface area contributed by atoms with Gasteiger partial charge in [-0.3, -0.25) is 4.68 Å². The van der Waals surface area contributed by atoms with Crippen molar-refractivity contribution < 1.29 is 9.50 Å². The van der Waals surface area contributed by atoms with Gasteiger partial charge >= 0.3 is 0 Å². The molecule has 1 saturated carbocycles. The van der Waals surface area contributed by atoms with Crippen molar-refractivity contribution >= 4 is 11.6 Å². The number of aromatic nitrogens is 3. The van der Waals surface area contributed by atoms with Gasteiger partial charge in [0.2, 0.25) is 0 Å². The predicted molar refractivity (Wildman–Crippen MR) is 99.5 cm³/mol. The number of hydrogen-bond donors (Lipinski definition) is 1. The first-order chi connectivity index (χ1) is 12.5. The summed E-state index contributed by atoms with van der Waals surface area (Å²) < 4.78 is 17.6. The lowest BCUT2D eigenvalue weighted by molar-refractivity contribution is 0.199. The van der Waals surface area contributed by atoms with Crippen LogP contribution < -0.4 is 0 Å². The summed E-state index contributed by atoms with van der Waals surface area (Å²) in [4.78, 5) is 0. The molecule has 0 amide bonds. The van der Waals surface area contributed by atoms with Crippen LogP contribution in [0.5, 0.6) is 0 Å². The number of hydrogen-bond acceptors (Lipinski definition) is 2.